The van der Waals surface area contributed by atoms with Crippen LogP contribution < -0.4 is 0 Å². The number of hydrogen-bond acceptors (Lipinski definition) is 1. The molecule has 3 atom stereocenters. The first-order valence-corrected chi connectivity index (χ1v) is 7.59. The van der Waals surface area contributed by atoms with Crippen molar-refractivity contribution in [3.63, 3.8) is 0 Å². The summed E-state index contributed by atoms with van der Waals surface area (Å²) in [5.41, 5.74) is 0. The Morgan fingerprint density at radius 1 is 1.29 bits per heavy atom. The molecule has 2 saturated carbocycles. The second-order valence-corrected chi connectivity index (χ2v) is 6.99. The molecule has 0 bridgehead atoms. The van der Waals surface area contributed by atoms with Gasteiger partial charge in [0.2, 0.25) is 0 Å². The highest BCUT2D eigenvalue weighted by molar-refractivity contribution is 5.81. The van der Waals surface area contributed by atoms with Gasteiger partial charge >= 0.3 is 0 Å². The van der Waals surface area contributed by atoms with Gasteiger partial charge in [-0.15, -0.1) is 0 Å². The maximum atomic E-state index is 12.3. The fourth-order valence-electron chi connectivity index (χ4n) is 2.92. The van der Waals surface area contributed by atoms with Crippen molar-refractivity contribution >= 4 is 5.78 Å². The van der Waals surface area contributed by atoms with Crippen molar-refractivity contribution in [3.8, 4) is 0 Å². The van der Waals surface area contributed by atoms with E-state index in [1.165, 1.54) is 38.5 Å². The molecule has 0 heterocycles. The average molecular weight is 236 g/mol. The lowest BCUT2D eigenvalue weighted by Gasteiger charge is -2.17. The van der Waals surface area contributed by atoms with E-state index in [0.29, 0.717) is 17.6 Å². The Balaban J connectivity index is 1.78. The zero-order chi connectivity index (χ0) is 12.4. The number of ketones is 1. The second-order valence-electron chi connectivity index (χ2n) is 6.99. The van der Waals surface area contributed by atoms with Crippen LogP contribution in [0.4, 0.5) is 0 Å². The number of carbonyl (C=O) groups excluding carboxylic acids is 1. The molecule has 3 unspecified atom stereocenters. The van der Waals surface area contributed by atoms with Gasteiger partial charge in [0.1, 0.15) is 5.78 Å². The highest BCUT2D eigenvalue weighted by Gasteiger charge is 2.36. The van der Waals surface area contributed by atoms with Crippen molar-refractivity contribution in [1.29, 1.82) is 0 Å². The first kappa shape index (κ1) is 13.1. The topological polar surface area (TPSA) is 17.1 Å². The molecule has 0 saturated heterocycles. The number of Topliss-reactive ketones (excluding diaryl/α,β-unsaturated/α-hetero) is 1. The first-order valence-electron chi connectivity index (χ1n) is 7.59. The van der Waals surface area contributed by atoms with Crippen molar-refractivity contribution in [2.24, 2.45) is 29.6 Å². The molecule has 0 spiro atoms. The monoisotopic (exact) mass is 236 g/mol. The molecule has 2 aliphatic carbocycles. The van der Waals surface area contributed by atoms with Crippen LogP contribution >= 0.6 is 0 Å². The summed E-state index contributed by atoms with van der Waals surface area (Å²) >= 11 is 0. The summed E-state index contributed by atoms with van der Waals surface area (Å²) in [7, 11) is 0. The highest BCUT2D eigenvalue weighted by Crippen LogP contribution is 2.44. The third kappa shape index (κ3) is 4.44. The Morgan fingerprint density at radius 2 is 1.94 bits per heavy atom. The molecule has 0 aromatic carbocycles. The van der Waals surface area contributed by atoms with Crippen molar-refractivity contribution in [3.05, 3.63) is 0 Å². The van der Waals surface area contributed by atoms with Gasteiger partial charge < -0.3 is 0 Å². The number of rotatable bonds is 8. The average Bonchev–Trinajstić information content (AvgIpc) is 3.10. The van der Waals surface area contributed by atoms with Crippen molar-refractivity contribution < 1.29 is 4.79 Å². The van der Waals surface area contributed by atoms with Crippen LogP contribution in [0.15, 0.2) is 0 Å². The van der Waals surface area contributed by atoms with Gasteiger partial charge in [-0.2, -0.15) is 0 Å². The molecule has 0 N–H and O–H groups in total. The highest BCUT2D eigenvalue weighted by atomic mass is 16.1. The van der Waals surface area contributed by atoms with E-state index in [1.54, 1.807) is 0 Å². The van der Waals surface area contributed by atoms with Gasteiger partial charge in [0.15, 0.2) is 0 Å². The standard InChI is InChI=1S/C16H28O/c1-11(2)8-16(17)14(7-6-13-4-5-13)10-15-9-12(15)3/h11-15H,4-10H2,1-3H3. The maximum Gasteiger partial charge on any atom is 0.136 e. The maximum absolute atomic E-state index is 12.3. The van der Waals surface area contributed by atoms with E-state index in [2.05, 4.69) is 20.8 Å². The van der Waals surface area contributed by atoms with Gasteiger partial charge in [0.25, 0.3) is 0 Å². The Labute approximate surface area is 106 Å². The van der Waals surface area contributed by atoms with Gasteiger partial charge in [-0.3, -0.25) is 4.79 Å². The molecule has 17 heavy (non-hydrogen) atoms. The fourth-order valence-corrected chi connectivity index (χ4v) is 2.92. The van der Waals surface area contributed by atoms with Gasteiger partial charge in [0.05, 0.1) is 0 Å². The Morgan fingerprint density at radius 3 is 2.41 bits per heavy atom. The summed E-state index contributed by atoms with van der Waals surface area (Å²) in [5.74, 6) is 4.22. The molecular formula is C16H28O. The molecule has 2 aliphatic rings. The normalized spacial score (nSPS) is 29.4. The molecule has 0 aromatic heterocycles. The third-order valence-corrected chi connectivity index (χ3v) is 4.55. The van der Waals surface area contributed by atoms with E-state index in [1.807, 2.05) is 0 Å². The van der Waals surface area contributed by atoms with Crippen LogP contribution in [0.2, 0.25) is 0 Å². The SMILES string of the molecule is CC(C)CC(=O)C(CCC1CC1)CC1CC1C. The van der Waals surface area contributed by atoms with Crippen LogP contribution in [0.1, 0.15) is 65.7 Å². The molecular weight excluding hydrogens is 208 g/mol. The van der Waals surface area contributed by atoms with Gasteiger partial charge in [-0.1, -0.05) is 33.6 Å². The smallest absolute Gasteiger partial charge is 0.136 e. The van der Waals surface area contributed by atoms with Crippen LogP contribution in [0.3, 0.4) is 0 Å². The lowest BCUT2D eigenvalue weighted by molar-refractivity contribution is -0.124. The minimum absolute atomic E-state index is 0.396. The summed E-state index contributed by atoms with van der Waals surface area (Å²) in [5, 5.41) is 0. The first-order chi connectivity index (χ1) is 8.06. The van der Waals surface area contributed by atoms with E-state index in [-0.39, 0.29) is 0 Å². The molecule has 2 rings (SSSR count). The predicted molar refractivity (Wildman–Crippen MR) is 71.8 cm³/mol. The summed E-state index contributed by atoms with van der Waals surface area (Å²) in [6.07, 6.45) is 8.70. The molecule has 0 amide bonds. The molecule has 0 aromatic rings. The summed E-state index contributed by atoms with van der Waals surface area (Å²) in [6.45, 7) is 6.65. The molecule has 0 radical (unpaired) electrons. The molecule has 1 heteroatoms. The van der Waals surface area contributed by atoms with Gasteiger partial charge in [0, 0.05) is 12.3 Å². The van der Waals surface area contributed by atoms with Crippen molar-refractivity contribution in [1.82, 2.24) is 0 Å². The molecule has 98 valence electrons. The Bertz CT molecular complexity index is 265. The van der Waals surface area contributed by atoms with Crippen LogP contribution in [0.25, 0.3) is 0 Å². The summed E-state index contributed by atoms with van der Waals surface area (Å²) < 4.78 is 0. The molecule has 1 nitrogen and oxygen atoms in total. The van der Waals surface area contributed by atoms with Crippen LogP contribution in [-0.4, -0.2) is 5.78 Å². The lowest BCUT2D eigenvalue weighted by atomic mass is 9.87. The van der Waals surface area contributed by atoms with Crippen molar-refractivity contribution in [2.75, 3.05) is 0 Å². The minimum atomic E-state index is 0.396. The summed E-state index contributed by atoms with van der Waals surface area (Å²) in [6, 6.07) is 0. The third-order valence-electron chi connectivity index (χ3n) is 4.55. The zero-order valence-corrected chi connectivity index (χ0v) is 11.7. The minimum Gasteiger partial charge on any atom is -0.299 e. The van der Waals surface area contributed by atoms with Crippen molar-refractivity contribution in [2.45, 2.75) is 65.7 Å². The Hall–Kier alpha value is -0.330. The number of hydrogen-bond donors (Lipinski definition) is 0. The van der Waals surface area contributed by atoms with E-state index < -0.39 is 0 Å². The summed E-state index contributed by atoms with van der Waals surface area (Å²) in [4.78, 5) is 12.3. The molecule has 0 aliphatic heterocycles. The largest absolute Gasteiger partial charge is 0.299 e. The van der Waals surface area contributed by atoms with Crippen LogP contribution in [0, 0.1) is 29.6 Å². The van der Waals surface area contributed by atoms with Crippen LogP contribution in [0.5, 0.6) is 0 Å². The zero-order valence-electron chi connectivity index (χ0n) is 11.7. The van der Waals surface area contributed by atoms with Crippen LogP contribution in [-0.2, 0) is 4.79 Å². The second kappa shape index (κ2) is 5.54. The van der Waals surface area contributed by atoms with E-state index in [9.17, 15) is 4.79 Å². The lowest BCUT2D eigenvalue weighted by Crippen LogP contribution is -2.17. The van der Waals surface area contributed by atoms with Gasteiger partial charge in [-0.05, 0) is 49.4 Å². The predicted octanol–water partition coefficient (Wildman–Crippen LogP) is 4.45. The van der Waals surface area contributed by atoms with E-state index in [0.717, 1.165) is 24.2 Å². The molecule has 2 fully saturated rings. The van der Waals surface area contributed by atoms with E-state index in [4.69, 9.17) is 0 Å². The van der Waals surface area contributed by atoms with E-state index >= 15 is 0 Å². The fraction of sp³-hybridized carbons (Fsp3) is 0.938. The van der Waals surface area contributed by atoms with Gasteiger partial charge in [-0.25, -0.2) is 0 Å². The Kier molecular flexibility index (Phi) is 4.27. The number of carbonyl (C=O) groups is 1. The quantitative estimate of drug-likeness (QED) is 0.608.